The van der Waals surface area contributed by atoms with E-state index in [4.69, 9.17) is 23.1 Å². The first-order valence-electron chi connectivity index (χ1n) is 24.6. The van der Waals surface area contributed by atoms with E-state index in [0.717, 1.165) is 88.0 Å². The normalized spacial score (nSPS) is 19.9. The van der Waals surface area contributed by atoms with Crippen LogP contribution in [0, 0.1) is 11.3 Å². The topological polar surface area (TPSA) is 235 Å². The van der Waals surface area contributed by atoms with Crippen LogP contribution in [-0.2, 0) is 19.2 Å². The quantitative estimate of drug-likeness (QED) is 0.0393. The smallest absolute Gasteiger partial charge is 0.264 e. The Morgan fingerprint density at radius 2 is 1.49 bits per heavy atom. The fraction of sp³-hybridized carbons (Fsp3) is 0.560. The molecule has 18 heteroatoms. The van der Waals surface area contributed by atoms with Gasteiger partial charge in [-0.05, 0) is 80.5 Å². The Kier molecular flexibility index (Phi) is 17.7. The lowest BCUT2D eigenvalue weighted by atomic mass is 9.73. The number of benzene rings is 2. The number of fused-ring (bicyclic) bond motifs is 1. The fourth-order valence-corrected chi connectivity index (χ4v) is 11.2. The maximum absolute atomic E-state index is 13.3. The number of imide groups is 2. The zero-order valence-corrected chi connectivity index (χ0v) is 40.8. The Labute approximate surface area is 408 Å². The van der Waals surface area contributed by atoms with Crippen molar-refractivity contribution >= 4 is 81.8 Å². The first-order chi connectivity index (χ1) is 32.8. The van der Waals surface area contributed by atoms with Gasteiger partial charge in [-0.3, -0.25) is 39.0 Å². The van der Waals surface area contributed by atoms with Gasteiger partial charge in [-0.1, -0.05) is 100 Å². The first kappa shape index (κ1) is 50.6. The number of hydrogen-bond donors (Lipinski definition) is 6. The third kappa shape index (κ3) is 12.5. The molecule has 2 aromatic carbocycles. The van der Waals surface area contributed by atoms with Gasteiger partial charge >= 0.3 is 0 Å². The van der Waals surface area contributed by atoms with E-state index >= 15 is 0 Å². The molecule has 4 aliphatic rings. The number of nitrogens with zero attached hydrogens (tertiary/aromatic N) is 4. The molecule has 7 rings (SSSR count). The molecule has 8 N–H and O–H groups in total. The van der Waals surface area contributed by atoms with Crippen LogP contribution in [0.1, 0.15) is 150 Å². The van der Waals surface area contributed by atoms with Crippen molar-refractivity contribution in [1.82, 2.24) is 25.5 Å². The SMILES string of the molecule is C[C@@H]1CCC2(CCN(c3cnc(Sc4cccc(NC(=O)CCC(=O)NCCCCCCCCCCCCCNc5cccc6c5C(=O)N(C5CCC(=O)NC5=O)C6=O)c4Cl)c(N)n3)CC2)[C@@H]1N. The predicted octanol–water partition coefficient (Wildman–Crippen LogP) is 7.85. The number of hydrogen-bond acceptors (Lipinski definition) is 13. The third-order valence-corrected chi connectivity index (χ3v) is 15.8. The fourth-order valence-electron chi connectivity index (χ4n) is 10.1. The van der Waals surface area contributed by atoms with Crippen molar-refractivity contribution in [3.8, 4) is 0 Å². The lowest BCUT2D eigenvalue weighted by Gasteiger charge is -2.43. The van der Waals surface area contributed by atoms with Gasteiger partial charge in [-0.25, -0.2) is 9.97 Å². The number of nitrogen functional groups attached to an aromatic ring is 1. The summed E-state index contributed by atoms with van der Waals surface area (Å²) in [4.78, 5) is 88.8. The largest absolute Gasteiger partial charge is 0.384 e. The highest BCUT2D eigenvalue weighted by Gasteiger charge is 2.47. The first-order valence-corrected chi connectivity index (χ1v) is 25.8. The van der Waals surface area contributed by atoms with E-state index < -0.39 is 29.7 Å². The number of carbonyl (C=O) groups excluding carboxylic acids is 6. The molecular formula is C50H67ClN10O6S. The number of nitrogens with two attached hydrogens (primary N) is 2. The zero-order chi connectivity index (χ0) is 48.2. The van der Waals surface area contributed by atoms with Crippen LogP contribution in [0.4, 0.5) is 23.0 Å². The molecule has 2 saturated heterocycles. The van der Waals surface area contributed by atoms with Crippen LogP contribution in [0.3, 0.4) is 0 Å². The summed E-state index contributed by atoms with van der Waals surface area (Å²) in [5.41, 5.74) is 14.8. The average Bonchev–Trinajstić information content (AvgIpc) is 3.74. The van der Waals surface area contributed by atoms with Gasteiger partial charge in [0.25, 0.3) is 11.8 Å². The van der Waals surface area contributed by atoms with Crippen molar-refractivity contribution in [2.75, 3.05) is 47.4 Å². The maximum Gasteiger partial charge on any atom is 0.264 e. The molecule has 1 saturated carbocycles. The van der Waals surface area contributed by atoms with Crippen LogP contribution in [0.2, 0.25) is 5.02 Å². The Morgan fingerprint density at radius 1 is 0.838 bits per heavy atom. The van der Waals surface area contributed by atoms with E-state index in [1.807, 2.05) is 6.07 Å². The number of piperidine rings is 2. The van der Waals surface area contributed by atoms with E-state index in [9.17, 15) is 28.8 Å². The molecule has 1 aromatic heterocycles. The summed E-state index contributed by atoms with van der Waals surface area (Å²) in [7, 11) is 0. The molecule has 3 fully saturated rings. The van der Waals surface area contributed by atoms with Gasteiger partial charge in [-0.15, -0.1) is 0 Å². The minimum Gasteiger partial charge on any atom is -0.384 e. The molecular weight excluding hydrogens is 904 g/mol. The highest BCUT2D eigenvalue weighted by Crippen LogP contribution is 2.48. The molecule has 1 spiro atoms. The Bertz CT molecular complexity index is 2330. The van der Waals surface area contributed by atoms with E-state index in [0.29, 0.717) is 51.1 Å². The van der Waals surface area contributed by atoms with E-state index in [-0.39, 0.29) is 60.1 Å². The van der Waals surface area contributed by atoms with Gasteiger partial charge in [0.05, 0.1) is 28.0 Å². The highest BCUT2D eigenvalue weighted by molar-refractivity contribution is 7.99. The molecule has 4 heterocycles. The molecule has 1 aliphatic carbocycles. The van der Waals surface area contributed by atoms with E-state index in [2.05, 4.69) is 43.1 Å². The lowest BCUT2D eigenvalue weighted by molar-refractivity contribution is -0.136. The van der Waals surface area contributed by atoms with E-state index in [1.54, 1.807) is 36.5 Å². The summed E-state index contributed by atoms with van der Waals surface area (Å²) < 4.78 is 0. The number of unbranched alkanes of at least 4 members (excludes halogenated alkanes) is 10. The van der Waals surface area contributed by atoms with Crippen LogP contribution < -0.4 is 37.6 Å². The van der Waals surface area contributed by atoms with Crippen LogP contribution >= 0.6 is 23.4 Å². The second kappa shape index (κ2) is 23.8. The monoisotopic (exact) mass is 970 g/mol. The van der Waals surface area contributed by atoms with Gasteiger partial charge in [0.15, 0.2) is 5.82 Å². The Hall–Kier alpha value is -5.26. The number of anilines is 4. The molecule has 366 valence electrons. The molecule has 3 aromatic rings. The van der Waals surface area contributed by atoms with Crippen LogP contribution in [0.25, 0.3) is 0 Å². The third-order valence-electron chi connectivity index (χ3n) is 14.2. The van der Waals surface area contributed by atoms with Crippen molar-refractivity contribution in [3.63, 3.8) is 0 Å². The average molecular weight is 972 g/mol. The van der Waals surface area contributed by atoms with Gasteiger partial charge in [0.1, 0.15) is 16.9 Å². The van der Waals surface area contributed by atoms with Crippen LogP contribution in [0.5, 0.6) is 0 Å². The lowest BCUT2D eigenvalue weighted by Crippen LogP contribution is -2.54. The number of carbonyl (C=O) groups is 6. The highest BCUT2D eigenvalue weighted by atomic mass is 35.5. The van der Waals surface area contributed by atoms with E-state index in [1.165, 1.54) is 43.9 Å². The molecule has 68 heavy (non-hydrogen) atoms. The number of amides is 6. The van der Waals surface area contributed by atoms with Gasteiger partial charge in [0, 0.05) is 62.1 Å². The van der Waals surface area contributed by atoms with Gasteiger partial charge in [-0.2, -0.15) is 0 Å². The summed E-state index contributed by atoms with van der Waals surface area (Å²) in [5.74, 6) is -0.829. The van der Waals surface area contributed by atoms with Crippen molar-refractivity contribution < 1.29 is 28.8 Å². The maximum atomic E-state index is 13.3. The second-order valence-corrected chi connectivity index (χ2v) is 20.3. The predicted molar refractivity (Wildman–Crippen MR) is 266 cm³/mol. The zero-order valence-electron chi connectivity index (χ0n) is 39.2. The standard InChI is InChI=1S/C50H67ClN10O6S/c1-32-23-24-50(44(32)52)25-29-60(30-26-50)38-31-56-47(45(53)58-38)68-37-18-14-17-35(43(37)51)57-40(63)22-21-39(62)55-28-12-10-8-6-4-2-3-5-7-9-11-27-54-34-16-13-15-33-42(34)49(67)61(48(33)66)36-19-20-41(64)59-46(36)65/h13-18,31-32,36,44,54H,2-12,19-30,52H2,1H3,(H2,53,58)(H,55,62)(H,57,63)(H,59,64,65)/t32-,36?,44-/m1/s1. The minimum atomic E-state index is -0.981. The number of nitrogens with one attached hydrogen (secondary N) is 4. The Morgan fingerprint density at radius 3 is 2.15 bits per heavy atom. The van der Waals surface area contributed by atoms with Crippen molar-refractivity contribution in [3.05, 3.63) is 58.7 Å². The molecule has 16 nitrogen and oxygen atoms in total. The van der Waals surface area contributed by atoms with Crippen molar-refractivity contribution in [2.45, 2.75) is 151 Å². The number of aromatic nitrogens is 2. The second-order valence-electron chi connectivity index (χ2n) is 18.9. The molecule has 3 atom stereocenters. The summed E-state index contributed by atoms with van der Waals surface area (Å²) in [6.45, 7) is 5.26. The van der Waals surface area contributed by atoms with Crippen molar-refractivity contribution in [2.24, 2.45) is 17.1 Å². The number of rotatable bonds is 23. The van der Waals surface area contributed by atoms with Crippen molar-refractivity contribution in [1.29, 1.82) is 0 Å². The number of halogens is 1. The van der Waals surface area contributed by atoms with Crippen LogP contribution in [-0.4, -0.2) is 88.6 Å². The molecule has 3 aliphatic heterocycles. The minimum absolute atomic E-state index is 0.0359. The molecule has 0 bridgehead atoms. The van der Waals surface area contributed by atoms with Gasteiger partial charge in [0.2, 0.25) is 23.6 Å². The summed E-state index contributed by atoms with van der Waals surface area (Å²) in [5, 5.41) is 12.2. The molecule has 6 amide bonds. The van der Waals surface area contributed by atoms with Gasteiger partial charge < -0.3 is 32.3 Å². The summed E-state index contributed by atoms with van der Waals surface area (Å²) in [6, 6.07) is 9.75. The summed E-state index contributed by atoms with van der Waals surface area (Å²) >= 11 is 8.02. The Balaban J connectivity index is 0.691. The molecule has 1 unspecified atom stereocenters. The summed E-state index contributed by atoms with van der Waals surface area (Å²) in [6.07, 6.45) is 18.6. The molecule has 0 radical (unpaired) electrons. The van der Waals surface area contributed by atoms with Crippen LogP contribution in [0.15, 0.2) is 52.5 Å².